The summed E-state index contributed by atoms with van der Waals surface area (Å²) < 4.78 is 6.78. The van der Waals surface area contributed by atoms with Crippen molar-refractivity contribution in [2.75, 3.05) is 13.2 Å². The van der Waals surface area contributed by atoms with Crippen molar-refractivity contribution in [2.24, 2.45) is 0 Å². The van der Waals surface area contributed by atoms with Crippen molar-refractivity contribution in [1.82, 2.24) is 10.3 Å². The van der Waals surface area contributed by atoms with Crippen LogP contribution in [0.1, 0.15) is 17.4 Å². The van der Waals surface area contributed by atoms with E-state index in [1.54, 1.807) is 17.5 Å². The lowest BCUT2D eigenvalue weighted by molar-refractivity contribution is 0.306. The quantitative estimate of drug-likeness (QED) is 0.835. The summed E-state index contributed by atoms with van der Waals surface area (Å²) in [7, 11) is 0. The van der Waals surface area contributed by atoms with Gasteiger partial charge in [-0.3, -0.25) is 0 Å². The van der Waals surface area contributed by atoms with Crippen molar-refractivity contribution < 1.29 is 4.74 Å². The zero-order chi connectivity index (χ0) is 13.5. The summed E-state index contributed by atoms with van der Waals surface area (Å²) in [6.45, 7) is 4.45. The van der Waals surface area contributed by atoms with Gasteiger partial charge < -0.3 is 10.1 Å². The van der Waals surface area contributed by atoms with Gasteiger partial charge in [0.05, 0.1) is 6.61 Å². The summed E-state index contributed by atoms with van der Waals surface area (Å²) in [5.41, 5.74) is 1.09. The molecule has 0 fully saturated rings. The SMILES string of the molecule is CCNCc1cc(Br)cnc1OCCc1cccs1. The maximum absolute atomic E-state index is 5.80. The van der Waals surface area contributed by atoms with E-state index in [0.717, 1.165) is 35.4 Å². The van der Waals surface area contributed by atoms with Crippen LogP contribution in [0.4, 0.5) is 0 Å². The fourth-order valence-corrected chi connectivity index (χ4v) is 2.76. The van der Waals surface area contributed by atoms with Crippen LogP contribution in [0.15, 0.2) is 34.2 Å². The second-order valence-electron chi connectivity index (χ2n) is 4.08. The van der Waals surface area contributed by atoms with Crippen LogP contribution in [0.25, 0.3) is 0 Å². The Labute approximate surface area is 126 Å². The van der Waals surface area contributed by atoms with E-state index in [1.807, 2.05) is 0 Å². The fraction of sp³-hybridized carbons (Fsp3) is 0.357. The third-order valence-corrected chi connectivity index (χ3v) is 3.99. The molecule has 3 nitrogen and oxygen atoms in total. The first-order valence-electron chi connectivity index (χ1n) is 6.30. The molecule has 19 heavy (non-hydrogen) atoms. The van der Waals surface area contributed by atoms with Crippen molar-refractivity contribution in [2.45, 2.75) is 19.9 Å². The molecule has 0 aliphatic rings. The molecule has 0 spiro atoms. The number of aromatic nitrogens is 1. The summed E-state index contributed by atoms with van der Waals surface area (Å²) in [6.07, 6.45) is 2.70. The van der Waals surface area contributed by atoms with Gasteiger partial charge >= 0.3 is 0 Å². The largest absolute Gasteiger partial charge is 0.477 e. The Morgan fingerprint density at radius 3 is 3.11 bits per heavy atom. The van der Waals surface area contributed by atoms with E-state index in [-0.39, 0.29) is 0 Å². The van der Waals surface area contributed by atoms with Crippen LogP contribution in [0.3, 0.4) is 0 Å². The predicted molar refractivity (Wildman–Crippen MR) is 82.8 cm³/mol. The van der Waals surface area contributed by atoms with E-state index in [0.29, 0.717) is 6.61 Å². The molecule has 0 aromatic carbocycles. The molecule has 2 rings (SSSR count). The Morgan fingerprint density at radius 1 is 1.47 bits per heavy atom. The first-order valence-corrected chi connectivity index (χ1v) is 7.97. The molecule has 0 atom stereocenters. The molecule has 1 N–H and O–H groups in total. The van der Waals surface area contributed by atoms with Gasteiger partial charge in [-0.25, -0.2) is 4.98 Å². The minimum atomic E-state index is 0.661. The highest BCUT2D eigenvalue weighted by Crippen LogP contribution is 2.20. The van der Waals surface area contributed by atoms with Gasteiger partial charge in [-0.2, -0.15) is 0 Å². The van der Waals surface area contributed by atoms with E-state index in [4.69, 9.17) is 4.74 Å². The first kappa shape index (κ1) is 14.5. The molecule has 0 unspecified atom stereocenters. The summed E-state index contributed by atoms with van der Waals surface area (Å²) in [5.74, 6) is 0.723. The third kappa shape index (κ3) is 4.60. The highest BCUT2D eigenvalue weighted by molar-refractivity contribution is 9.10. The molecule has 0 aliphatic heterocycles. The molecule has 5 heteroatoms. The Morgan fingerprint density at radius 2 is 2.37 bits per heavy atom. The Hall–Kier alpha value is -0.910. The number of rotatable bonds is 7. The number of halogens is 1. The zero-order valence-electron chi connectivity index (χ0n) is 10.9. The molecular weight excluding hydrogens is 324 g/mol. The lowest BCUT2D eigenvalue weighted by Gasteiger charge is -2.10. The third-order valence-electron chi connectivity index (χ3n) is 2.62. The van der Waals surface area contributed by atoms with Gasteiger partial charge in [-0.15, -0.1) is 11.3 Å². The number of nitrogens with zero attached hydrogens (tertiary/aromatic N) is 1. The van der Waals surface area contributed by atoms with Gasteiger partial charge in [-0.1, -0.05) is 13.0 Å². The van der Waals surface area contributed by atoms with Gasteiger partial charge in [0.15, 0.2) is 0 Å². The summed E-state index contributed by atoms with van der Waals surface area (Å²) in [4.78, 5) is 5.68. The van der Waals surface area contributed by atoms with E-state index >= 15 is 0 Å². The van der Waals surface area contributed by atoms with Gasteiger partial charge in [0, 0.05) is 34.1 Å². The lowest BCUT2D eigenvalue weighted by Crippen LogP contribution is -2.14. The molecule has 0 saturated heterocycles. The normalized spacial score (nSPS) is 10.6. The number of pyridine rings is 1. The molecule has 102 valence electrons. The van der Waals surface area contributed by atoms with Gasteiger partial charge in [0.1, 0.15) is 0 Å². The highest BCUT2D eigenvalue weighted by atomic mass is 79.9. The van der Waals surface area contributed by atoms with E-state index in [9.17, 15) is 0 Å². The predicted octanol–water partition coefficient (Wildman–Crippen LogP) is 3.64. The lowest BCUT2D eigenvalue weighted by atomic mass is 10.2. The topological polar surface area (TPSA) is 34.2 Å². The van der Waals surface area contributed by atoms with E-state index in [2.05, 4.69) is 56.7 Å². The van der Waals surface area contributed by atoms with Crippen molar-refractivity contribution in [3.05, 3.63) is 44.7 Å². The molecule has 0 amide bonds. The second-order valence-corrected chi connectivity index (χ2v) is 6.02. The van der Waals surface area contributed by atoms with Crippen molar-refractivity contribution in [1.29, 1.82) is 0 Å². The molecule has 0 radical (unpaired) electrons. The molecule has 2 heterocycles. The summed E-state index contributed by atoms with van der Waals surface area (Å²) in [5, 5.41) is 5.38. The molecule has 2 aromatic heterocycles. The van der Waals surface area contributed by atoms with Crippen molar-refractivity contribution >= 4 is 27.3 Å². The van der Waals surface area contributed by atoms with Crippen LogP contribution >= 0.6 is 27.3 Å². The van der Waals surface area contributed by atoms with Gasteiger partial charge in [-0.05, 0) is 40.0 Å². The molecule has 0 saturated carbocycles. The van der Waals surface area contributed by atoms with Crippen LogP contribution < -0.4 is 10.1 Å². The monoisotopic (exact) mass is 340 g/mol. The molecule has 0 bridgehead atoms. The molecule has 0 aliphatic carbocycles. The van der Waals surface area contributed by atoms with Gasteiger partial charge in [0.2, 0.25) is 5.88 Å². The van der Waals surface area contributed by atoms with E-state index < -0.39 is 0 Å². The Kier molecular flexibility index (Phi) is 5.82. The minimum Gasteiger partial charge on any atom is -0.477 e. The maximum Gasteiger partial charge on any atom is 0.217 e. The van der Waals surface area contributed by atoms with Crippen LogP contribution in [0.5, 0.6) is 5.88 Å². The second kappa shape index (κ2) is 7.62. The van der Waals surface area contributed by atoms with Crippen LogP contribution in [0, 0.1) is 0 Å². The van der Waals surface area contributed by atoms with Crippen LogP contribution in [-0.4, -0.2) is 18.1 Å². The minimum absolute atomic E-state index is 0.661. The summed E-state index contributed by atoms with van der Waals surface area (Å²) >= 11 is 5.20. The standard InChI is InChI=1S/C14H17BrN2OS/c1-2-16-9-11-8-12(15)10-17-14(11)18-6-5-13-4-3-7-19-13/h3-4,7-8,10,16H,2,5-6,9H2,1H3. The van der Waals surface area contributed by atoms with E-state index in [1.165, 1.54) is 4.88 Å². The number of ether oxygens (including phenoxy) is 1. The van der Waals surface area contributed by atoms with Crippen LogP contribution in [0.2, 0.25) is 0 Å². The molecule has 2 aromatic rings. The fourth-order valence-electron chi connectivity index (χ4n) is 1.69. The number of hydrogen-bond acceptors (Lipinski definition) is 4. The first-order chi connectivity index (χ1) is 9.29. The highest BCUT2D eigenvalue weighted by Gasteiger charge is 2.06. The average molecular weight is 341 g/mol. The smallest absolute Gasteiger partial charge is 0.217 e. The van der Waals surface area contributed by atoms with Crippen molar-refractivity contribution in [3.8, 4) is 5.88 Å². The molecular formula is C14H17BrN2OS. The Balaban J connectivity index is 1.94. The zero-order valence-corrected chi connectivity index (χ0v) is 13.3. The van der Waals surface area contributed by atoms with Crippen LogP contribution in [-0.2, 0) is 13.0 Å². The number of hydrogen-bond donors (Lipinski definition) is 1. The Bertz CT molecular complexity index is 502. The number of nitrogens with one attached hydrogen (secondary N) is 1. The van der Waals surface area contributed by atoms with Gasteiger partial charge in [0.25, 0.3) is 0 Å². The maximum atomic E-state index is 5.80. The van der Waals surface area contributed by atoms with Crippen molar-refractivity contribution in [3.63, 3.8) is 0 Å². The summed E-state index contributed by atoms with van der Waals surface area (Å²) in [6, 6.07) is 6.24. The average Bonchev–Trinajstić information content (AvgIpc) is 2.91. The number of thiophene rings is 1.